The first-order valence-corrected chi connectivity index (χ1v) is 7.61. The maximum Gasteiger partial charge on any atom is 0.152 e. The van der Waals surface area contributed by atoms with E-state index in [-0.39, 0.29) is 0 Å². The predicted octanol–water partition coefficient (Wildman–Crippen LogP) is 3.42. The van der Waals surface area contributed by atoms with E-state index in [0.717, 1.165) is 35.7 Å². The van der Waals surface area contributed by atoms with Crippen molar-refractivity contribution < 1.29 is 0 Å². The minimum atomic E-state index is 0.750. The molecule has 0 fully saturated rings. The van der Waals surface area contributed by atoms with E-state index >= 15 is 0 Å². The minimum absolute atomic E-state index is 0.750. The zero-order valence-corrected chi connectivity index (χ0v) is 12.4. The van der Waals surface area contributed by atoms with E-state index in [4.69, 9.17) is 5.73 Å². The van der Waals surface area contributed by atoms with Crippen LogP contribution in [0.1, 0.15) is 19.0 Å². The largest absolute Gasteiger partial charge is 0.394 e. The van der Waals surface area contributed by atoms with E-state index in [1.54, 1.807) is 11.8 Å². The van der Waals surface area contributed by atoms with Crippen LogP contribution in [0.4, 0.5) is 17.2 Å². The third-order valence-electron chi connectivity index (χ3n) is 3.01. The highest BCUT2D eigenvalue weighted by Gasteiger charge is 2.13. The van der Waals surface area contributed by atoms with Crippen LogP contribution in [0.5, 0.6) is 0 Å². The maximum absolute atomic E-state index is 6.18. The molecule has 1 aromatic heterocycles. The quantitative estimate of drug-likeness (QED) is 0.822. The molecule has 0 aliphatic heterocycles. The first-order valence-electron chi connectivity index (χ1n) is 6.38. The highest BCUT2D eigenvalue weighted by molar-refractivity contribution is 7.98. The molecule has 2 aromatic rings. The summed E-state index contributed by atoms with van der Waals surface area (Å²) in [6, 6.07) is 8.19. The van der Waals surface area contributed by atoms with E-state index < -0.39 is 0 Å². The van der Waals surface area contributed by atoms with Crippen molar-refractivity contribution in [3.63, 3.8) is 0 Å². The Balaban J connectivity index is 2.33. The van der Waals surface area contributed by atoms with Gasteiger partial charge in [0, 0.05) is 11.9 Å². The van der Waals surface area contributed by atoms with Gasteiger partial charge in [-0.3, -0.25) is 4.68 Å². The van der Waals surface area contributed by atoms with Gasteiger partial charge in [0.05, 0.1) is 17.1 Å². The molecule has 0 unspecified atom stereocenters. The van der Waals surface area contributed by atoms with Crippen molar-refractivity contribution in [1.82, 2.24) is 9.78 Å². The van der Waals surface area contributed by atoms with Gasteiger partial charge in [0.25, 0.3) is 0 Å². The number of aryl methyl sites for hydroxylation is 2. The molecular weight excluding hydrogens is 256 g/mol. The number of nitrogens with two attached hydrogens (primary N) is 1. The Hall–Kier alpha value is -1.62. The van der Waals surface area contributed by atoms with Gasteiger partial charge in [-0.15, -0.1) is 11.8 Å². The molecule has 0 bridgehead atoms. The summed E-state index contributed by atoms with van der Waals surface area (Å²) in [5.74, 6) is 0.866. The Kier molecular flexibility index (Phi) is 4.37. The van der Waals surface area contributed by atoms with Crippen molar-refractivity contribution in [2.75, 3.05) is 17.3 Å². The van der Waals surface area contributed by atoms with E-state index in [2.05, 4.69) is 35.7 Å². The van der Waals surface area contributed by atoms with Crippen LogP contribution in [0.15, 0.2) is 29.2 Å². The lowest BCUT2D eigenvalue weighted by atomic mass is 10.2. The zero-order chi connectivity index (χ0) is 13.8. The van der Waals surface area contributed by atoms with Crippen molar-refractivity contribution in [3.8, 4) is 0 Å². The van der Waals surface area contributed by atoms with Crippen LogP contribution >= 0.6 is 11.8 Å². The minimum Gasteiger partial charge on any atom is -0.394 e. The van der Waals surface area contributed by atoms with E-state index in [9.17, 15) is 0 Å². The van der Waals surface area contributed by atoms with Gasteiger partial charge in [0.2, 0.25) is 0 Å². The normalized spacial score (nSPS) is 10.7. The topological polar surface area (TPSA) is 55.9 Å². The van der Waals surface area contributed by atoms with Crippen molar-refractivity contribution in [2.45, 2.75) is 24.7 Å². The van der Waals surface area contributed by atoms with Gasteiger partial charge in [-0.2, -0.15) is 5.10 Å². The van der Waals surface area contributed by atoms with Crippen LogP contribution in [-0.2, 0) is 13.5 Å². The molecule has 4 nitrogen and oxygen atoms in total. The molecule has 0 spiro atoms. The molecule has 2 rings (SSSR count). The van der Waals surface area contributed by atoms with Gasteiger partial charge in [-0.25, -0.2) is 0 Å². The second-order valence-corrected chi connectivity index (χ2v) is 5.26. The molecule has 1 aromatic carbocycles. The number of para-hydroxylation sites is 1. The molecule has 0 saturated heterocycles. The summed E-state index contributed by atoms with van der Waals surface area (Å²) in [4.78, 5) is 1.19. The van der Waals surface area contributed by atoms with Gasteiger partial charge in [-0.05, 0) is 24.8 Å². The number of hydrogen-bond acceptors (Lipinski definition) is 4. The summed E-state index contributed by atoms with van der Waals surface area (Å²) in [6.07, 6.45) is 4.02. The van der Waals surface area contributed by atoms with Crippen LogP contribution in [0.3, 0.4) is 0 Å². The highest BCUT2D eigenvalue weighted by atomic mass is 32.2. The Morgan fingerprint density at radius 3 is 2.79 bits per heavy atom. The molecule has 5 heteroatoms. The average Bonchev–Trinajstić information content (AvgIpc) is 2.68. The molecule has 102 valence electrons. The molecule has 19 heavy (non-hydrogen) atoms. The third-order valence-corrected chi connectivity index (χ3v) is 3.80. The summed E-state index contributed by atoms with van der Waals surface area (Å²) < 4.78 is 1.82. The van der Waals surface area contributed by atoms with Gasteiger partial charge in [-0.1, -0.05) is 25.5 Å². The highest BCUT2D eigenvalue weighted by Crippen LogP contribution is 2.31. The monoisotopic (exact) mass is 276 g/mol. The first kappa shape index (κ1) is 13.8. The van der Waals surface area contributed by atoms with Gasteiger partial charge in [0.1, 0.15) is 0 Å². The Morgan fingerprint density at radius 1 is 1.37 bits per heavy atom. The first-order chi connectivity index (χ1) is 9.17. The number of nitrogens with zero attached hydrogens (tertiary/aromatic N) is 2. The van der Waals surface area contributed by atoms with Crippen molar-refractivity contribution in [3.05, 3.63) is 30.0 Å². The number of aromatic nitrogens is 2. The zero-order valence-electron chi connectivity index (χ0n) is 11.6. The summed E-state index contributed by atoms with van der Waals surface area (Å²) in [7, 11) is 1.92. The Labute approximate surface area is 118 Å². The summed E-state index contributed by atoms with van der Waals surface area (Å²) in [5, 5.41) is 7.87. The Bertz CT molecular complexity index is 563. The van der Waals surface area contributed by atoms with E-state index in [1.165, 1.54) is 4.90 Å². The molecular formula is C14H20N4S. The lowest BCUT2D eigenvalue weighted by Gasteiger charge is -2.11. The summed E-state index contributed by atoms with van der Waals surface area (Å²) >= 11 is 1.71. The van der Waals surface area contributed by atoms with E-state index in [0.29, 0.717) is 0 Å². The van der Waals surface area contributed by atoms with Crippen molar-refractivity contribution in [1.29, 1.82) is 0 Å². The SMILES string of the molecule is CCCc1nn(C)c(Nc2ccccc2SC)c1N. The standard InChI is InChI=1S/C14H20N4S/c1-4-7-11-13(15)14(18(2)17-11)16-10-8-5-6-9-12(10)19-3/h5-6,8-9,16H,4,7,15H2,1-3H3. The van der Waals surface area contributed by atoms with Gasteiger partial charge in [0.15, 0.2) is 5.82 Å². The fourth-order valence-corrected chi connectivity index (χ4v) is 2.59. The van der Waals surface area contributed by atoms with Crippen molar-refractivity contribution in [2.24, 2.45) is 7.05 Å². The second-order valence-electron chi connectivity index (χ2n) is 4.41. The van der Waals surface area contributed by atoms with Crippen LogP contribution in [0.25, 0.3) is 0 Å². The van der Waals surface area contributed by atoms with Crippen LogP contribution in [0, 0.1) is 0 Å². The number of rotatable bonds is 5. The summed E-state index contributed by atoms with van der Waals surface area (Å²) in [6.45, 7) is 2.13. The summed E-state index contributed by atoms with van der Waals surface area (Å²) in [5.41, 5.74) is 8.96. The fourth-order valence-electron chi connectivity index (χ4n) is 2.04. The van der Waals surface area contributed by atoms with Crippen LogP contribution in [0.2, 0.25) is 0 Å². The molecule has 0 saturated carbocycles. The molecule has 0 atom stereocenters. The predicted molar refractivity (Wildman–Crippen MR) is 83.1 cm³/mol. The number of hydrogen-bond donors (Lipinski definition) is 2. The Morgan fingerprint density at radius 2 is 2.11 bits per heavy atom. The molecule has 3 N–H and O–H groups in total. The van der Waals surface area contributed by atoms with Crippen LogP contribution < -0.4 is 11.1 Å². The third kappa shape index (κ3) is 2.87. The molecule has 0 radical (unpaired) electrons. The molecule has 0 aliphatic carbocycles. The van der Waals surface area contributed by atoms with Gasteiger partial charge < -0.3 is 11.1 Å². The molecule has 0 amide bonds. The number of nitrogens with one attached hydrogen (secondary N) is 1. The average molecular weight is 276 g/mol. The lowest BCUT2D eigenvalue weighted by molar-refractivity contribution is 0.739. The molecule has 0 aliphatic rings. The second kappa shape index (κ2) is 6.02. The maximum atomic E-state index is 6.18. The number of thioether (sulfide) groups is 1. The smallest absolute Gasteiger partial charge is 0.152 e. The lowest BCUT2D eigenvalue weighted by Crippen LogP contribution is -2.02. The van der Waals surface area contributed by atoms with Crippen LogP contribution in [-0.4, -0.2) is 16.0 Å². The number of nitrogen functional groups attached to an aromatic ring is 1. The number of anilines is 3. The molecule has 1 heterocycles. The van der Waals surface area contributed by atoms with Crippen molar-refractivity contribution >= 4 is 29.0 Å². The van der Waals surface area contributed by atoms with Gasteiger partial charge >= 0.3 is 0 Å². The number of benzene rings is 1. The fraction of sp³-hybridized carbons (Fsp3) is 0.357. The van der Waals surface area contributed by atoms with E-state index in [1.807, 2.05) is 23.9 Å².